The minimum atomic E-state index is -0.0810. The normalized spacial score (nSPS) is 31.1. The summed E-state index contributed by atoms with van der Waals surface area (Å²) in [6, 6.07) is 0. The molecule has 0 aromatic carbocycles. The summed E-state index contributed by atoms with van der Waals surface area (Å²) >= 11 is 0. The molecule has 5 unspecified atom stereocenters. The molecule has 0 heterocycles. The first-order valence-electron chi connectivity index (χ1n) is 11.4. The number of unbranched alkanes of at least 4 members (excludes halogenated alkanes) is 4. The molecule has 2 N–H and O–H groups in total. The minimum absolute atomic E-state index is 0.0810. The Labute approximate surface area is 162 Å². The van der Waals surface area contributed by atoms with Crippen LogP contribution in [-0.2, 0) is 0 Å². The van der Waals surface area contributed by atoms with Crippen LogP contribution in [0.1, 0.15) is 97.8 Å². The molecule has 5 atom stereocenters. The lowest BCUT2D eigenvalue weighted by Crippen LogP contribution is -2.55. The molecule has 0 aliphatic heterocycles. The third-order valence-corrected chi connectivity index (χ3v) is 7.62. The number of rotatable bonds is 13. The second-order valence-corrected chi connectivity index (χ2v) is 9.67. The Morgan fingerprint density at radius 1 is 1.04 bits per heavy atom. The SMILES string of the molecule is CCCCCC(O)CCC1CC2CC(C1C/C=C/CCCCO)C2(C)C. The van der Waals surface area contributed by atoms with E-state index in [0.29, 0.717) is 12.0 Å². The van der Waals surface area contributed by atoms with E-state index in [9.17, 15) is 5.11 Å². The highest BCUT2D eigenvalue weighted by molar-refractivity contribution is 5.07. The van der Waals surface area contributed by atoms with Gasteiger partial charge in [0.1, 0.15) is 0 Å². The Morgan fingerprint density at radius 2 is 1.85 bits per heavy atom. The van der Waals surface area contributed by atoms with E-state index in [4.69, 9.17) is 5.11 Å². The molecule has 0 aromatic heterocycles. The van der Waals surface area contributed by atoms with Crippen LogP contribution in [0.15, 0.2) is 12.2 Å². The first kappa shape index (κ1) is 22.0. The molecular weight excluding hydrogens is 320 g/mol. The fraction of sp³-hybridized carbons (Fsp3) is 0.917. The summed E-state index contributed by atoms with van der Waals surface area (Å²) in [6.45, 7) is 7.51. The zero-order valence-electron chi connectivity index (χ0n) is 17.6. The highest BCUT2D eigenvalue weighted by Gasteiger charge is 2.56. The highest BCUT2D eigenvalue weighted by atomic mass is 16.3. The van der Waals surface area contributed by atoms with Crippen LogP contribution in [0.4, 0.5) is 0 Å². The summed E-state index contributed by atoms with van der Waals surface area (Å²) < 4.78 is 0. The van der Waals surface area contributed by atoms with E-state index < -0.39 is 0 Å². The van der Waals surface area contributed by atoms with Gasteiger partial charge in [-0.2, -0.15) is 0 Å². The summed E-state index contributed by atoms with van der Waals surface area (Å²) in [6.07, 6.45) is 18.7. The van der Waals surface area contributed by atoms with Crippen molar-refractivity contribution in [1.82, 2.24) is 0 Å². The Bertz CT molecular complexity index is 414. The van der Waals surface area contributed by atoms with E-state index in [1.54, 1.807) is 0 Å². The second-order valence-electron chi connectivity index (χ2n) is 9.67. The summed E-state index contributed by atoms with van der Waals surface area (Å²) in [7, 11) is 0. The number of hydrogen-bond acceptors (Lipinski definition) is 2. The van der Waals surface area contributed by atoms with Crippen LogP contribution in [0.25, 0.3) is 0 Å². The van der Waals surface area contributed by atoms with E-state index in [1.165, 1.54) is 44.9 Å². The van der Waals surface area contributed by atoms with Crippen molar-refractivity contribution in [3.05, 3.63) is 12.2 Å². The van der Waals surface area contributed by atoms with Gasteiger partial charge in [0.2, 0.25) is 0 Å². The minimum Gasteiger partial charge on any atom is -0.396 e. The van der Waals surface area contributed by atoms with E-state index in [0.717, 1.165) is 55.8 Å². The summed E-state index contributed by atoms with van der Waals surface area (Å²) in [4.78, 5) is 0. The van der Waals surface area contributed by atoms with Gasteiger partial charge in [-0.05, 0) is 86.9 Å². The van der Waals surface area contributed by atoms with Crippen LogP contribution in [0.2, 0.25) is 0 Å². The van der Waals surface area contributed by atoms with Crippen molar-refractivity contribution in [1.29, 1.82) is 0 Å². The number of fused-ring (bicyclic) bond motifs is 2. The molecule has 0 spiro atoms. The smallest absolute Gasteiger partial charge is 0.0540 e. The van der Waals surface area contributed by atoms with Gasteiger partial charge in [0.15, 0.2) is 0 Å². The Hall–Kier alpha value is -0.340. The van der Waals surface area contributed by atoms with Gasteiger partial charge >= 0.3 is 0 Å². The molecule has 3 aliphatic carbocycles. The molecule has 0 amide bonds. The number of allylic oxidation sites excluding steroid dienone is 2. The standard InChI is InChI=1S/C24H44O2/c1-4-5-9-12-21(26)15-14-19-17-20-18-23(24(20,2)3)22(19)13-10-7-6-8-11-16-25/h7,10,19-23,25-26H,4-6,8-9,11-18H2,1-3H3/b10-7+. The largest absolute Gasteiger partial charge is 0.396 e. The number of aliphatic hydroxyl groups is 2. The maximum absolute atomic E-state index is 10.3. The topological polar surface area (TPSA) is 40.5 Å². The van der Waals surface area contributed by atoms with Gasteiger partial charge in [-0.3, -0.25) is 0 Å². The van der Waals surface area contributed by atoms with Crippen molar-refractivity contribution < 1.29 is 10.2 Å². The maximum Gasteiger partial charge on any atom is 0.0540 e. The highest BCUT2D eigenvalue weighted by Crippen LogP contribution is 2.64. The molecule has 2 bridgehead atoms. The number of aliphatic hydroxyl groups excluding tert-OH is 2. The molecular formula is C24H44O2. The summed E-state index contributed by atoms with van der Waals surface area (Å²) in [5.74, 6) is 3.42. The van der Waals surface area contributed by atoms with E-state index in [2.05, 4.69) is 32.9 Å². The van der Waals surface area contributed by atoms with Crippen LogP contribution < -0.4 is 0 Å². The predicted octanol–water partition coefficient (Wildman–Crippen LogP) is 6.12. The van der Waals surface area contributed by atoms with Gasteiger partial charge in [-0.15, -0.1) is 0 Å². The molecule has 152 valence electrons. The van der Waals surface area contributed by atoms with Gasteiger partial charge in [-0.25, -0.2) is 0 Å². The summed E-state index contributed by atoms with van der Waals surface area (Å²) in [5.41, 5.74) is 0.533. The first-order valence-corrected chi connectivity index (χ1v) is 11.4. The van der Waals surface area contributed by atoms with Gasteiger partial charge in [-0.1, -0.05) is 52.2 Å². The van der Waals surface area contributed by atoms with Crippen molar-refractivity contribution in [2.45, 2.75) is 104 Å². The third-order valence-electron chi connectivity index (χ3n) is 7.62. The van der Waals surface area contributed by atoms with Crippen LogP contribution in [0.3, 0.4) is 0 Å². The molecule has 3 rings (SSSR count). The molecule has 3 saturated carbocycles. The molecule has 3 fully saturated rings. The lowest BCUT2D eigenvalue weighted by molar-refractivity contribution is -0.136. The van der Waals surface area contributed by atoms with Crippen LogP contribution >= 0.6 is 0 Å². The average molecular weight is 365 g/mol. The van der Waals surface area contributed by atoms with E-state index in [-0.39, 0.29) is 6.10 Å². The molecule has 3 aliphatic rings. The van der Waals surface area contributed by atoms with Gasteiger partial charge in [0.05, 0.1) is 6.10 Å². The van der Waals surface area contributed by atoms with Crippen molar-refractivity contribution in [3.8, 4) is 0 Å². The molecule has 0 radical (unpaired) electrons. The molecule has 2 heteroatoms. The number of hydrogen-bond donors (Lipinski definition) is 2. The lowest BCUT2D eigenvalue weighted by Gasteiger charge is -2.63. The zero-order valence-corrected chi connectivity index (χ0v) is 17.6. The first-order chi connectivity index (χ1) is 12.5. The molecule has 26 heavy (non-hydrogen) atoms. The van der Waals surface area contributed by atoms with E-state index in [1.807, 2.05) is 0 Å². The van der Waals surface area contributed by atoms with Crippen molar-refractivity contribution in [3.63, 3.8) is 0 Å². The Balaban J connectivity index is 1.81. The van der Waals surface area contributed by atoms with Crippen LogP contribution in [-0.4, -0.2) is 22.9 Å². The van der Waals surface area contributed by atoms with Crippen molar-refractivity contribution in [2.24, 2.45) is 29.1 Å². The van der Waals surface area contributed by atoms with Gasteiger partial charge in [0, 0.05) is 6.61 Å². The van der Waals surface area contributed by atoms with Gasteiger partial charge < -0.3 is 10.2 Å². The van der Waals surface area contributed by atoms with Gasteiger partial charge in [0.25, 0.3) is 0 Å². The maximum atomic E-state index is 10.3. The Kier molecular flexibility index (Phi) is 9.17. The molecule has 0 aromatic rings. The zero-order chi connectivity index (χ0) is 19.0. The van der Waals surface area contributed by atoms with Crippen molar-refractivity contribution in [2.75, 3.05) is 6.61 Å². The quantitative estimate of drug-likeness (QED) is 0.305. The lowest BCUT2D eigenvalue weighted by atomic mass is 9.42. The Morgan fingerprint density at radius 3 is 2.54 bits per heavy atom. The molecule has 2 nitrogen and oxygen atoms in total. The van der Waals surface area contributed by atoms with E-state index >= 15 is 0 Å². The average Bonchev–Trinajstić information content (AvgIpc) is 2.63. The van der Waals surface area contributed by atoms with Crippen LogP contribution in [0.5, 0.6) is 0 Å². The fourth-order valence-electron chi connectivity index (χ4n) is 5.67. The predicted molar refractivity (Wildman–Crippen MR) is 111 cm³/mol. The second kappa shape index (κ2) is 10.9. The van der Waals surface area contributed by atoms with Crippen LogP contribution in [0, 0.1) is 29.1 Å². The third kappa shape index (κ3) is 5.83. The fourth-order valence-corrected chi connectivity index (χ4v) is 5.67. The molecule has 0 saturated heterocycles. The van der Waals surface area contributed by atoms with Crippen molar-refractivity contribution >= 4 is 0 Å². The summed E-state index contributed by atoms with van der Waals surface area (Å²) in [5, 5.41) is 19.2. The monoisotopic (exact) mass is 364 g/mol.